The van der Waals surface area contributed by atoms with E-state index in [1.807, 2.05) is 42.8 Å². The van der Waals surface area contributed by atoms with Gasteiger partial charge in [-0.1, -0.05) is 12.1 Å². The molecule has 1 aliphatic heterocycles. The summed E-state index contributed by atoms with van der Waals surface area (Å²) in [5, 5.41) is 1.91. The average Bonchev–Trinajstić information content (AvgIpc) is 3.16. The molecule has 26 heavy (non-hydrogen) atoms. The predicted molar refractivity (Wildman–Crippen MR) is 105 cm³/mol. The molecule has 2 heterocycles. The number of carbonyl (C=O) groups is 2. The molecule has 1 amide bonds. The average molecular weight is 372 g/mol. The van der Waals surface area contributed by atoms with Crippen LogP contribution in [0, 0.1) is 0 Å². The summed E-state index contributed by atoms with van der Waals surface area (Å²) in [6, 6.07) is 9.47. The molecule has 1 aromatic heterocycles. The number of hydrogen-bond donors (Lipinski definition) is 0. The van der Waals surface area contributed by atoms with Crippen molar-refractivity contribution in [3.63, 3.8) is 0 Å². The standard InChI is InChI=1S/C21H25NO3S/c1-15(23)20-19(10-13-26-20)16-6-5-7-17(14-16)21(24)22(2)11-9-18-8-3-4-12-25-18/h5-7,10,13-14,18H,3-4,8-9,11-12H2,1-2H3. The third-order valence-electron chi connectivity index (χ3n) is 4.81. The number of hydrogen-bond acceptors (Lipinski definition) is 4. The van der Waals surface area contributed by atoms with Crippen molar-refractivity contribution in [2.24, 2.45) is 0 Å². The number of benzene rings is 1. The van der Waals surface area contributed by atoms with Crippen molar-refractivity contribution in [2.75, 3.05) is 20.2 Å². The number of ketones is 1. The SMILES string of the molecule is CC(=O)c1sccc1-c1cccc(C(=O)N(C)CCC2CCCCO2)c1. The van der Waals surface area contributed by atoms with E-state index < -0.39 is 0 Å². The first-order chi connectivity index (χ1) is 12.6. The lowest BCUT2D eigenvalue weighted by Crippen LogP contribution is -2.31. The van der Waals surface area contributed by atoms with Gasteiger partial charge in [-0.3, -0.25) is 9.59 Å². The van der Waals surface area contributed by atoms with E-state index in [4.69, 9.17) is 4.74 Å². The zero-order chi connectivity index (χ0) is 18.5. The van der Waals surface area contributed by atoms with Crippen molar-refractivity contribution < 1.29 is 14.3 Å². The minimum atomic E-state index is 0.00210. The Morgan fingerprint density at radius 3 is 2.85 bits per heavy atom. The van der Waals surface area contributed by atoms with E-state index in [-0.39, 0.29) is 17.8 Å². The normalized spacial score (nSPS) is 17.1. The molecule has 0 radical (unpaired) electrons. The monoisotopic (exact) mass is 371 g/mol. The van der Waals surface area contributed by atoms with Crippen molar-refractivity contribution >= 4 is 23.0 Å². The van der Waals surface area contributed by atoms with Gasteiger partial charge in [-0.25, -0.2) is 0 Å². The van der Waals surface area contributed by atoms with Gasteiger partial charge in [-0.05, 0) is 61.7 Å². The van der Waals surface area contributed by atoms with Gasteiger partial charge in [0.25, 0.3) is 5.91 Å². The second kappa shape index (κ2) is 8.60. The van der Waals surface area contributed by atoms with Crippen LogP contribution in [0.4, 0.5) is 0 Å². The minimum Gasteiger partial charge on any atom is -0.378 e. The van der Waals surface area contributed by atoms with E-state index in [0.29, 0.717) is 12.1 Å². The Bertz CT molecular complexity index is 777. The molecule has 2 aromatic rings. The molecule has 1 atom stereocenters. The van der Waals surface area contributed by atoms with Crippen molar-refractivity contribution in [1.29, 1.82) is 0 Å². The maximum Gasteiger partial charge on any atom is 0.253 e. The van der Waals surface area contributed by atoms with E-state index in [1.54, 1.807) is 11.8 Å². The van der Waals surface area contributed by atoms with Crippen molar-refractivity contribution in [3.8, 4) is 11.1 Å². The molecule has 1 aliphatic rings. The van der Waals surface area contributed by atoms with Crippen LogP contribution in [0.5, 0.6) is 0 Å². The molecule has 0 saturated carbocycles. The first-order valence-corrected chi connectivity index (χ1v) is 10.00. The van der Waals surface area contributed by atoms with E-state index >= 15 is 0 Å². The molecular weight excluding hydrogens is 346 g/mol. The molecule has 1 unspecified atom stereocenters. The highest BCUT2D eigenvalue weighted by molar-refractivity contribution is 7.12. The first-order valence-electron chi connectivity index (χ1n) is 9.12. The fourth-order valence-corrected chi connectivity index (χ4v) is 4.14. The maximum absolute atomic E-state index is 12.8. The van der Waals surface area contributed by atoms with Crippen LogP contribution in [0.15, 0.2) is 35.7 Å². The molecule has 5 heteroatoms. The maximum atomic E-state index is 12.8. The van der Waals surface area contributed by atoms with Crippen LogP contribution in [0.25, 0.3) is 11.1 Å². The molecule has 0 spiro atoms. The van der Waals surface area contributed by atoms with Gasteiger partial charge in [-0.2, -0.15) is 0 Å². The summed E-state index contributed by atoms with van der Waals surface area (Å²) in [4.78, 5) is 27.1. The van der Waals surface area contributed by atoms with Crippen LogP contribution in [0.1, 0.15) is 52.6 Å². The Kier molecular flexibility index (Phi) is 6.22. The van der Waals surface area contributed by atoms with Crippen LogP contribution in [-0.4, -0.2) is 42.9 Å². The van der Waals surface area contributed by atoms with Crippen LogP contribution >= 0.6 is 11.3 Å². The highest BCUT2D eigenvalue weighted by Gasteiger charge is 2.18. The Hall–Kier alpha value is -1.98. The lowest BCUT2D eigenvalue weighted by Gasteiger charge is -2.25. The molecule has 1 saturated heterocycles. The molecule has 0 aliphatic carbocycles. The molecule has 138 valence electrons. The van der Waals surface area contributed by atoms with E-state index in [0.717, 1.165) is 41.9 Å². The van der Waals surface area contributed by atoms with Gasteiger partial charge in [0.15, 0.2) is 5.78 Å². The number of ether oxygens (including phenoxy) is 1. The number of rotatable bonds is 6. The zero-order valence-corrected chi connectivity index (χ0v) is 16.2. The Morgan fingerprint density at radius 1 is 1.27 bits per heavy atom. The van der Waals surface area contributed by atoms with E-state index in [2.05, 4.69) is 0 Å². The molecule has 4 nitrogen and oxygen atoms in total. The number of Topliss-reactive ketones (excluding diaryl/α,β-unsaturated/α-hetero) is 1. The summed E-state index contributed by atoms with van der Waals surface area (Å²) in [5.41, 5.74) is 2.46. The van der Waals surface area contributed by atoms with Crippen LogP contribution in [-0.2, 0) is 4.74 Å². The topological polar surface area (TPSA) is 46.6 Å². The van der Waals surface area contributed by atoms with Crippen molar-refractivity contribution in [1.82, 2.24) is 4.90 Å². The fourth-order valence-electron chi connectivity index (χ4n) is 3.32. The molecule has 0 N–H and O–H groups in total. The van der Waals surface area contributed by atoms with Gasteiger partial charge in [0.2, 0.25) is 0 Å². The largest absolute Gasteiger partial charge is 0.378 e. The Morgan fingerprint density at radius 2 is 2.12 bits per heavy atom. The third kappa shape index (κ3) is 4.40. The second-order valence-corrected chi connectivity index (χ2v) is 7.72. The summed E-state index contributed by atoms with van der Waals surface area (Å²) < 4.78 is 5.75. The van der Waals surface area contributed by atoms with Crippen LogP contribution in [0.3, 0.4) is 0 Å². The fraction of sp³-hybridized carbons (Fsp3) is 0.429. The number of thiophene rings is 1. The van der Waals surface area contributed by atoms with Crippen LogP contribution in [0.2, 0.25) is 0 Å². The van der Waals surface area contributed by atoms with Gasteiger partial charge < -0.3 is 9.64 Å². The lowest BCUT2D eigenvalue weighted by atomic mass is 10.0. The zero-order valence-electron chi connectivity index (χ0n) is 15.4. The highest BCUT2D eigenvalue weighted by atomic mass is 32.1. The highest BCUT2D eigenvalue weighted by Crippen LogP contribution is 2.29. The van der Waals surface area contributed by atoms with Crippen molar-refractivity contribution in [3.05, 3.63) is 46.2 Å². The Labute approximate surface area is 158 Å². The summed E-state index contributed by atoms with van der Waals surface area (Å²) in [5.74, 6) is 0.0543. The molecule has 1 aromatic carbocycles. The predicted octanol–water partition coefficient (Wildman–Crippen LogP) is 4.65. The minimum absolute atomic E-state index is 0.00210. The van der Waals surface area contributed by atoms with Crippen LogP contribution < -0.4 is 0 Å². The van der Waals surface area contributed by atoms with E-state index in [1.165, 1.54) is 17.8 Å². The third-order valence-corrected chi connectivity index (χ3v) is 5.83. The van der Waals surface area contributed by atoms with Crippen molar-refractivity contribution in [2.45, 2.75) is 38.7 Å². The molecular formula is C21H25NO3S. The first kappa shape index (κ1) is 18.8. The van der Waals surface area contributed by atoms with Gasteiger partial charge in [-0.15, -0.1) is 11.3 Å². The summed E-state index contributed by atoms with van der Waals surface area (Å²) >= 11 is 1.44. The molecule has 3 rings (SSSR count). The van der Waals surface area contributed by atoms with Gasteiger partial charge in [0.05, 0.1) is 11.0 Å². The smallest absolute Gasteiger partial charge is 0.253 e. The van der Waals surface area contributed by atoms with E-state index in [9.17, 15) is 9.59 Å². The summed E-state index contributed by atoms with van der Waals surface area (Å²) in [6.07, 6.45) is 4.59. The molecule has 1 fully saturated rings. The van der Waals surface area contributed by atoms with Gasteiger partial charge in [0, 0.05) is 31.3 Å². The summed E-state index contributed by atoms with van der Waals surface area (Å²) in [7, 11) is 1.84. The second-order valence-electron chi connectivity index (χ2n) is 6.80. The molecule has 0 bridgehead atoms. The number of carbonyl (C=O) groups excluding carboxylic acids is 2. The Balaban J connectivity index is 1.69. The van der Waals surface area contributed by atoms with Gasteiger partial charge in [0.1, 0.15) is 0 Å². The number of amides is 1. The van der Waals surface area contributed by atoms with Gasteiger partial charge >= 0.3 is 0 Å². The quantitative estimate of drug-likeness (QED) is 0.695. The lowest BCUT2D eigenvalue weighted by molar-refractivity contribution is 0.00709. The number of nitrogens with zero attached hydrogens (tertiary/aromatic N) is 1. The summed E-state index contributed by atoms with van der Waals surface area (Å²) in [6.45, 7) is 3.10.